The van der Waals surface area contributed by atoms with Crippen molar-refractivity contribution in [1.29, 1.82) is 0 Å². The number of nitrogens with zero attached hydrogens (tertiary/aromatic N) is 2. The minimum absolute atomic E-state index is 0.0354. The molecule has 1 aromatic carbocycles. The van der Waals surface area contributed by atoms with E-state index in [9.17, 15) is 4.79 Å². The van der Waals surface area contributed by atoms with Crippen molar-refractivity contribution in [2.75, 3.05) is 13.1 Å². The fourth-order valence-corrected chi connectivity index (χ4v) is 2.46. The number of aromatic nitrogens is 2. The molecule has 0 fully saturated rings. The van der Waals surface area contributed by atoms with Gasteiger partial charge in [0.1, 0.15) is 5.82 Å². The van der Waals surface area contributed by atoms with E-state index in [1.54, 1.807) is 0 Å². The lowest BCUT2D eigenvalue weighted by atomic mass is 10.1. The molecule has 21 heavy (non-hydrogen) atoms. The minimum atomic E-state index is 0.0354. The first-order valence-corrected chi connectivity index (χ1v) is 7.50. The molecule has 1 aromatic heterocycles. The van der Waals surface area contributed by atoms with Crippen molar-refractivity contribution >= 4 is 16.9 Å². The Balaban J connectivity index is 2.25. The highest BCUT2D eigenvalue weighted by molar-refractivity contribution is 5.79. The number of fused-ring (bicyclic) bond motifs is 1. The van der Waals surface area contributed by atoms with Crippen molar-refractivity contribution in [2.24, 2.45) is 5.73 Å². The molecule has 0 spiro atoms. The van der Waals surface area contributed by atoms with Crippen LogP contribution in [0.1, 0.15) is 30.3 Å². The molecule has 114 valence electrons. The van der Waals surface area contributed by atoms with Crippen LogP contribution in [0, 0.1) is 13.8 Å². The zero-order valence-electron chi connectivity index (χ0n) is 13.1. The average molecular weight is 288 g/mol. The molecule has 0 atom stereocenters. The van der Waals surface area contributed by atoms with E-state index in [0.717, 1.165) is 23.3 Å². The molecule has 1 amide bonds. The van der Waals surface area contributed by atoms with Crippen molar-refractivity contribution in [1.82, 2.24) is 14.9 Å². The van der Waals surface area contributed by atoms with Gasteiger partial charge in [-0.15, -0.1) is 0 Å². The first kappa shape index (κ1) is 15.5. The second kappa shape index (κ2) is 6.72. The molecule has 0 saturated carbocycles. The Morgan fingerprint density at radius 2 is 2.05 bits per heavy atom. The Hall–Kier alpha value is -1.88. The van der Waals surface area contributed by atoms with E-state index in [4.69, 9.17) is 5.73 Å². The van der Waals surface area contributed by atoms with Gasteiger partial charge in [0.25, 0.3) is 0 Å². The third-order valence-electron chi connectivity index (χ3n) is 3.79. The first-order chi connectivity index (χ1) is 10.1. The van der Waals surface area contributed by atoms with Crippen molar-refractivity contribution in [3.8, 4) is 0 Å². The lowest BCUT2D eigenvalue weighted by Gasteiger charge is -2.09. The Bertz CT molecular complexity index is 645. The van der Waals surface area contributed by atoms with E-state index < -0.39 is 0 Å². The normalized spacial score (nSPS) is 11.0. The summed E-state index contributed by atoms with van der Waals surface area (Å²) in [6.07, 6.45) is 1.31. The molecule has 0 aliphatic carbocycles. The number of carbonyl (C=O) groups is 1. The molecular weight excluding hydrogens is 264 g/mol. The summed E-state index contributed by atoms with van der Waals surface area (Å²) in [6.45, 7) is 7.94. The molecule has 0 radical (unpaired) electrons. The molecule has 5 nitrogen and oxygen atoms in total. The molecule has 1 heterocycles. The van der Waals surface area contributed by atoms with Crippen LogP contribution in [0.3, 0.4) is 0 Å². The average Bonchev–Trinajstić information content (AvgIpc) is 2.80. The van der Waals surface area contributed by atoms with Crippen LogP contribution in [0.4, 0.5) is 0 Å². The van der Waals surface area contributed by atoms with Crippen LogP contribution in [0.2, 0.25) is 0 Å². The first-order valence-electron chi connectivity index (χ1n) is 7.50. The highest BCUT2D eigenvalue weighted by atomic mass is 16.1. The summed E-state index contributed by atoms with van der Waals surface area (Å²) in [5.74, 6) is 1.06. The maximum Gasteiger partial charge on any atom is 0.221 e. The summed E-state index contributed by atoms with van der Waals surface area (Å²) in [4.78, 5) is 16.4. The van der Waals surface area contributed by atoms with Gasteiger partial charge < -0.3 is 15.6 Å². The molecule has 0 bridgehead atoms. The summed E-state index contributed by atoms with van der Waals surface area (Å²) in [5, 5.41) is 2.80. The Labute approximate surface area is 125 Å². The summed E-state index contributed by atoms with van der Waals surface area (Å²) in [5.41, 5.74) is 10.0. The summed E-state index contributed by atoms with van der Waals surface area (Å²) in [6, 6.07) is 4.28. The van der Waals surface area contributed by atoms with E-state index in [0.29, 0.717) is 26.1 Å². The van der Waals surface area contributed by atoms with Gasteiger partial charge in [-0.05, 0) is 37.1 Å². The van der Waals surface area contributed by atoms with E-state index in [1.807, 2.05) is 0 Å². The predicted molar refractivity (Wildman–Crippen MR) is 85.3 cm³/mol. The van der Waals surface area contributed by atoms with Crippen molar-refractivity contribution in [3.63, 3.8) is 0 Å². The number of hydrogen-bond donors (Lipinski definition) is 2. The van der Waals surface area contributed by atoms with Crippen LogP contribution >= 0.6 is 0 Å². The largest absolute Gasteiger partial charge is 0.355 e. The molecule has 2 rings (SSSR count). The maximum atomic E-state index is 11.8. The number of amides is 1. The predicted octanol–water partition coefficient (Wildman–Crippen LogP) is 1.68. The highest BCUT2D eigenvalue weighted by Crippen LogP contribution is 2.21. The quantitative estimate of drug-likeness (QED) is 0.849. The third kappa shape index (κ3) is 3.42. The number of rotatable bonds is 6. The lowest BCUT2D eigenvalue weighted by Crippen LogP contribution is -2.29. The van der Waals surface area contributed by atoms with Crippen molar-refractivity contribution < 1.29 is 4.79 Å². The number of nitrogens with one attached hydrogen (secondary N) is 1. The molecule has 3 N–H and O–H groups in total. The standard InChI is InChI=1S/C16H24N4O/c1-4-15-19-13-9-11(2)12(3)10-14(13)20(15)8-5-16(21)18-7-6-17/h9-10H,4-8,17H2,1-3H3,(H,18,21). The number of benzene rings is 1. The van der Waals surface area contributed by atoms with Crippen molar-refractivity contribution in [2.45, 2.75) is 40.2 Å². The van der Waals surface area contributed by atoms with E-state index in [-0.39, 0.29) is 5.91 Å². The second-order valence-electron chi connectivity index (χ2n) is 5.35. The third-order valence-corrected chi connectivity index (χ3v) is 3.79. The smallest absolute Gasteiger partial charge is 0.221 e. The highest BCUT2D eigenvalue weighted by Gasteiger charge is 2.12. The number of carbonyl (C=O) groups excluding carboxylic acids is 1. The van der Waals surface area contributed by atoms with Crippen LogP contribution in [-0.2, 0) is 17.8 Å². The van der Waals surface area contributed by atoms with E-state index >= 15 is 0 Å². The van der Waals surface area contributed by atoms with Gasteiger partial charge in [0, 0.05) is 32.5 Å². The lowest BCUT2D eigenvalue weighted by molar-refractivity contribution is -0.121. The topological polar surface area (TPSA) is 72.9 Å². The molecule has 0 saturated heterocycles. The van der Waals surface area contributed by atoms with Crippen LogP contribution in [0.15, 0.2) is 12.1 Å². The van der Waals surface area contributed by atoms with Gasteiger partial charge in [0.2, 0.25) is 5.91 Å². The Kier molecular flexibility index (Phi) is 4.96. The Morgan fingerprint density at radius 3 is 2.71 bits per heavy atom. The zero-order chi connectivity index (χ0) is 15.4. The fourth-order valence-electron chi connectivity index (χ4n) is 2.46. The number of aryl methyl sites for hydroxylation is 4. The number of hydrogen-bond acceptors (Lipinski definition) is 3. The summed E-state index contributed by atoms with van der Waals surface area (Å²) in [7, 11) is 0. The van der Waals surface area contributed by atoms with E-state index in [2.05, 4.69) is 47.8 Å². The van der Waals surface area contributed by atoms with Gasteiger partial charge in [0.05, 0.1) is 11.0 Å². The van der Waals surface area contributed by atoms with Gasteiger partial charge in [0.15, 0.2) is 0 Å². The second-order valence-corrected chi connectivity index (χ2v) is 5.35. The van der Waals surface area contributed by atoms with E-state index in [1.165, 1.54) is 11.1 Å². The van der Waals surface area contributed by atoms with Gasteiger partial charge in [-0.25, -0.2) is 4.98 Å². The minimum Gasteiger partial charge on any atom is -0.355 e. The van der Waals surface area contributed by atoms with Gasteiger partial charge in [-0.2, -0.15) is 0 Å². The zero-order valence-corrected chi connectivity index (χ0v) is 13.1. The van der Waals surface area contributed by atoms with Crippen LogP contribution in [0.25, 0.3) is 11.0 Å². The maximum absolute atomic E-state index is 11.8. The van der Waals surface area contributed by atoms with Crippen LogP contribution in [-0.4, -0.2) is 28.5 Å². The van der Waals surface area contributed by atoms with Crippen molar-refractivity contribution in [3.05, 3.63) is 29.1 Å². The Morgan fingerprint density at radius 1 is 1.33 bits per heavy atom. The summed E-state index contributed by atoms with van der Waals surface area (Å²) >= 11 is 0. The fraction of sp³-hybridized carbons (Fsp3) is 0.500. The van der Waals surface area contributed by atoms with Gasteiger partial charge in [-0.1, -0.05) is 6.92 Å². The molecule has 0 unspecified atom stereocenters. The molecular formula is C16H24N4O. The molecule has 0 aliphatic rings. The van der Waals surface area contributed by atoms with Gasteiger partial charge in [-0.3, -0.25) is 4.79 Å². The summed E-state index contributed by atoms with van der Waals surface area (Å²) < 4.78 is 2.16. The SMILES string of the molecule is CCc1nc2cc(C)c(C)cc2n1CCC(=O)NCCN. The number of nitrogens with two attached hydrogens (primary N) is 1. The molecule has 5 heteroatoms. The van der Waals surface area contributed by atoms with Crippen LogP contribution < -0.4 is 11.1 Å². The monoisotopic (exact) mass is 288 g/mol. The molecule has 2 aromatic rings. The van der Waals surface area contributed by atoms with Gasteiger partial charge >= 0.3 is 0 Å². The number of imidazole rings is 1. The molecule has 0 aliphatic heterocycles. The van der Waals surface area contributed by atoms with Crippen LogP contribution in [0.5, 0.6) is 0 Å².